The number of benzene rings is 2. The molecule has 1 amide bonds. The van der Waals surface area contributed by atoms with Gasteiger partial charge in [-0.2, -0.15) is 0 Å². The molecule has 1 aromatic heterocycles. The lowest BCUT2D eigenvalue weighted by molar-refractivity contribution is -0.123. The Hall–Kier alpha value is -3.03. The molecule has 3 aliphatic heterocycles. The summed E-state index contributed by atoms with van der Waals surface area (Å²) in [5.74, 6) is 1.17. The molecule has 8 heteroatoms. The molecule has 2 saturated heterocycles. The number of nitrogens with one attached hydrogen (secondary N) is 1. The number of likely N-dealkylation sites (N-methyl/N-ethyl adjacent to an activating group) is 1. The standard InChI is InChI=1S/C28H33ClN6O/c1-32-15-17-34(18-16-32)28-30-24-11-14-35(25-8-7-21(29)19-23(25)26(24)31-28)27(36)20-9-12-33(13-10-20)22-5-3-2-4-6-22/h2-8,19-20H,9-18H2,1H3,(H,30,31). The van der Waals surface area contributed by atoms with Crippen molar-refractivity contribution in [2.45, 2.75) is 19.3 Å². The highest BCUT2D eigenvalue weighted by molar-refractivity contribution is 6.31. The number of imidazole rings is 1. The van der Waals surface area contributed by atoms with Gasteiger partial charge in [-0.25, -0.2) is 4.98 Å². The first-order chi connectivity index (χ1) is 17.6. The summed E-state index contributed by atoms with van der Waals surface area (Å²) in [6.07, 6.45) is 2.48. The summed E-state index contributed by atoms with van der Waals surface area (Å²) in [5.41, 5.74) is 5.11. The van der Waals surface area contributed by atoms with Crippen LogP contribution < -0.4 is 14.7 Å². The fraction of sp³-hybridized carbons (Fsp3) is 0.429. The van der Waals surface area contributed by atoms with Gasteiger partial charge in [0.2, 0.25) is 11.9 Å². The van der Waals surface area contributed by atoms with Crippen molar-refractivity contribution >= 4 is 34.8 Å². The zero-order chi connectivity index (χ0) is 24.6. The number of rotatable bonds is 3. The van der Waals surface area contributed by atoms with Gasteiger partial charge in [0.15, 0.2) is 0 Å². The number of hydrogen-bond acceptors (Lipinski definition) is 5. The molecule has 0 unspecified atom stereocenters. The predicted molar refractivity (Wildman–Crippen MR) is 146 cm³/mol. The summed E-state index contributed by atoms with van der Waals surface area (Å²) >= 11 is 6.46. The number of amides is 1. The van der Waals surface area contributed by atoms with Crippen molar-refractivity contribution in [1.82, 2.24) is 14.9 Å². The van der Waals surface area contributed by atoms with Crippen molar-refractivity contribution in [2.24, 2.45) is 5.92 Å². The Kier molecular flexibility index (Phi) is 6.36. The molecule has 1 N–H and O–H groups in total. The van der Waals surface area contributed by atoms with E-state index in [4.69, 9.17) is 16.6 Å². The molecule has 0 aliphatic carbocycles. The van der Waals surface area contributed by atoms with E-state index in [1.165, 1.54) is 5.69 Å². The maximum atomic E-state index is 13.8. The Labute approximate surface area is 217 Å². The number of aromatic amines is 1. The van der Waals surface area contributed by atoms with Gasteiger partial charge in [-0.15, -0.1) is 0 Å². The van der Waals surface area contributed by atoms with E-state index >= 15 is 0 Å². The number of carbonyl (C=O) groups excluding carboxylic acids is 1. The quantitative estimate of drug-likeness (QED) is 0.576. The summed E-state index contributed by atoms with van der Waals surface area (Å²) in [4.78, 5) is 31.5. The Balaban J connectivity index is 1.24. The first-order valence-corrected chi connectivity index (χ1v) is 13.4. The van der Waals surface area contributed by atoms with Crippen LogP contribution in [-0.2, 0) is 11.2 Å². The minimum absolute atomic E-state index is 0.0267. The highest BCUT2D eigenvalue weighted by Crippen LogP contribution is 2.39. The second kappa shape index (κ2) is 9.79. The monoisotopic (exact) mass is 504 g/mol. The topological polar surface area (TPSA) is 58.7 Å². The van der Waals surface area contributed by atoms with Crippen molar-refractivity contribution in [3.63, 3.8) is 0 Å². The fourth-order valence-corrected chi connectivity index (χ4v) is 5.89. The molecule has 3 aliphatic rings. The van der Waals surface area contributed by atoms with Gasteiger partial charge in [-0.3, -0.25) is 4.79 Å². The van der Waals surface area contributed by atoms with Crippen LogP contribution in [0.3, 0.4) is 0 Å². The van der Waals surface area contributed by atoms with E-state index in [1.807, 2.05) is 29.2 Å². The molecule has 188 valence electrons. The smallest absolute Gasteiger partial charge is 0.230 e. The summed E-state index contributed by atoms with van der Waals surface area (Å²) in [6.45, 7) is 6.41. The van der Waals surface area contributed by atoms with Gasteiger partial charge in [0, 0.05) is 80.1 Å². The lowest BCUT2D eigenvalue weighted by atomic mass is 9.94. The lowest BCUT2D eigenvalue weighted by Crippen LogP contribution is -2.45. The number of para-hydroxylation sites is 1. The van der Waals surface area contributed by atoms with E-state index in [1.54, 1.807) is 0 Å². The van der Waals surface area contributed by atoms with Crippen molar-refractivity contribution < 1.29 is 4.79 Å². The number of nitrogens with zero attached hydrogens (tertiary/aromatic N) is 5. The Morgan fingerprint density at radius 1 is 0.944 bits per heavy atom. The van der Waals surface area contributed by atoms with Gasteiger partial charge >= 0.3 is 0 Å². The second-order valence-corrected chi connectivity index (χ2v) is 10.6. The van der Waals surface area contributed by atoms with Crippen LogP contribution in [-0.4, -0.2) is 73.6 Å². The van der Waals surface area contributed by atoms with E-state index in [-0.39, 0.29) is 11.8 Å². The van der Waals surface area contributed by atoms with Crippen LogP contribution in [0.25, 0.3) is 11.3 Å². The molecule has 3 aromatic rings. The summed E-state index contributed by atoms with van der Waals surface area (Å²) in [7, 11) is 2.16. The largest absolute Gasteiger partial charge is 0.371 e. The SMILES string of the molecule is CN1CCN(c2nc3c([nH]2)CCN(C(=O)C2CCN(c4ccccc4)CC2)c2ccc(Cl)cc2-3)CC1. The summed E-state index contributed by atoms with van der Waals surface area (Å²) in [6, 6.07) is 16.3. The number of piperazine rings is 1. The van der Waals surface area contributed by atoms with Gasteiger partial charge in [0.1, 0.15) is 0 Å². The summed E-state index contributed by atoms with van der Waals surface area (Å²) in [5, 5.41) is 0.661. The number of fused-ring (bicyclic) bond motifs is 3. The number of anilines is 3. The van der Waals surface area contributed by atoms with Crippen LogP contribution in [0, 0.1) is 5.92 Å². The normalized spacial score (nSPS) is 19.1. The molecule has 36 heavy (non-hydrogen) atoms. The number of H-pyrrole nitrogens is 1. The van der Waals surface area contributed by atoms with Gasteiger partial charge in [0.25, 0.3) is 0 Å². The molecule has 2 fully saturated rings. The highest BCUT2D eigenvalue weighted by Gasteiger charge is 2.33. The average Bonchev–Trinajstić information content (AvgIpc) is 3.28. The third-order valence-corrected chi connectivity index (χ3v) is 8.13. The first-order valence-electron chi connectivity index (χ1n) is 13.0. The molecule has 0 saturated carbocycles. The van der Waals surface area contributed by atoms with Crippen LogP contribution in [0.15, 0.2) is 48.5 Å². The zero-order valence-corrected chi connectivity index (χ0v) is 21.5. The van der Waals surface area contributed by atoms with Crippen molar-refractivity contribution in [1.29, 1.82) is 0 Å². The molecule has 0 atom stereocenters. The predicted octanol–water partition coefficient (Wildman–Crippen LogP) is 4.29. The number of piperidine rings is 1. The number of halogens is 1. The third-order valence-electron chi connectivity index (χ3n) is 7.89. The van der Waals surface area contributed by atoms with Gasteiger partial charge in [-0.1, -0.05) is 29.8 Å². The van der Waals surface area contributed by atoms with Gasteiger partial charge < -0.3 is 24.6 Å². The summed E-state index contributed by atoms with van der Waals surface area (Å²) < 4.78 is 0. The van der Waals surface area contributed by atoms with E-state index in [9.17, 15) is 4.79 Å². The zero-order valence-electron chi connectivity index (χ0n) is 20.8. The van der Waals surface area contributed by atoms with E-state index in [0.717, 1.165) is 87.1 Å². The fourth-order valence-electron chi connectivity index (χ4n) is 5.72. The van der Waals surface area contributed by atoms with Crippen LogP contribution >= 0.6 is 11.6 Å². The molecule has 2 aromatic carbocycles. The molecule has 0 bridgehead atoms. The Morgan fingerprint density at radius 2 is 1.69 bits per heavy atom. The molecule has 0 spiro atoms. The van der Waals surface area contributed by atoms with Gasteiger partial charge in [-0.05, 0) is 50.2 Å². The number of carbonyl (C=O) groups is 1. The van der Waals surface area contributed by atoms with Gasteiger partial charge in [0.05, 0.1) is 11.4 Å². The van der Waals surface area contributed by atoms with Crippen LogP contribution in [0.5, 0.6) is 0 Å². The maximum absolute atomic E-state index is 13.8. The number of aromatic nitrogens is 2. The second-order valence-electron chi connectivity index (χ2n) is 10.2. The minimum atomic E-state index is 0.0267. The molecule has 6 rings (SSSR count). The first kappa shape index (κ1) is 23.4. The van der Waals surface area contributed by atoms with Crippen molar-refractivity contribution in [2.75, 3.05) is 67.6 Å². The molecule has 4 heterocycles. The highest BCUT2D eigenvalue weighted by atomic mass is 35.5. The average molecular weight is 505 g/mol. The minimum Gasteiger partial charge on any atom is -0.371 e. The van der Waals surface area contributed by atoms with Crippen LogP contribution in [0.1, 0.15) is 18.5 Å². The number of hydrogen-bond donors (Lipinski definition) is 1. The van der Waals surface area contributed by atoms with Crippen molar-refractivity contribution in [3.8, 4) is 11.3 Å². The van der Waals surface area contributed by atoms with Crippen LogP contribution in [0.2, 0.25) is 5.02 Å². The third kappa shape index (κ3) is 4.46. The molecule has 0 radical (unpaired) electrons. The molecule has 7 nitrogen and oxygen atoms in total. The van der Waals surface area contributed by atoms with E-state index in [0.29, 0.717) is 11.6 Å². The lowest BCUT2D eigenvalue weighted by Gasteiger charge is -2.35. The Morgan fingerprint density at radius 3 is 2.44 bits per heavy atom. The maximum Gasteiger partial charge on any atom is 0.230 e. The van der Waals surface area contributed by atoms with E-state index in [2.05, 4.69) is 51.0 Å². The van der Waals surface area contributed by atoms with Crippen LogP contribution in [0.4, 0.5) is 17.3 Å². The van der Waals surface area contributed by atoms with E-state index < -0.39 is 0 Å². The van der Waals surface area contributed by atoms with Crippen molar-refractivity contribution in [3.05, 3.63) is 59.2 Å². The Bertz CT molecular complexity index is 1230. The molecular weight excluding hydrogens is 472 g/mol. The molecular formula is C28H33ClN6O.